The Morgan fingerprint density at radius 3 is 2.00 bits per heavy atom. The normalized spacial score (nSPS) is 24.9. The van der Waals surface area contributed by atoms with Crippen molar-refractivity contribution in [2.24, 2.45) is 17.8 Å². The van der Waals surface area contributed by atoms with Gasteiger partial charge in [0.1, 0.15) is 0 Å². The second-order valence-electron chi connectivity index (χ2n) is 6.26. The summed E-state index contributed by atoms with van der Waals surface area (Å²) < 4.78 is 1.74. The molecular weight excluding hydrogens is 331 g/mol. The second-order valence-corrected chi connectivity index (χ2v) is 7.75. The van der Waals surface area contributed by atoms with Gasteiger partial charge in [0.15, 0.2) is 0 Å². The third kappa shape index (κ3) is 3.29. The van der Waals surface area contributed by atoms with Gasteiger partial charge in [-0.3, -0.25) is 0 Å². The second kappa shape index (κ2) is 7.14. The van der Waals surface area contributed by atoms with Crippen molar-refractivity contribution in [3.63, 3.8) is 0 Å². The molecule has 106 valence electrons. The average Bonchev–Trinajstić information content (AvgIpc) is 3.19. The molecule has 1 fully saturated rings. The van der Waals surface area contributed by atoms with Gasteiger partial charge in [0.25, 0.3) is 0 Å². The molecule has 0 aromatic heterocycles. The molecule has 0 aromatic carbocycles. The molecular formula is C20H24Zr+2. The fourth-order valence-electron chi connectivity index (χ4n) is 4.01. The van der Waals surface area contributed by atoms with Crippen molar-refractivity contribution < 1.29 is 24.2 Å². The van der Waals surface area contributed by atoms with Crippen LogP contribution in [0.2, 0.25) is 0 Å². The quantitative estimate of drug-likeness (QED) is 0.659. The van der Waals surface area contributed by atoms with Crippen molar-refractivity contribution in [3.8, 4) is 0 Å². The van der Waals surface area contributed by atoms with Crippen molar-refractivity contribution in [1.29, 1.82) is 0 Å². The van der Waals surface area contributed by atoms with Gasteiger partial charge in [-0.25, -0.2) is 0 Å². The molecule has 0 nitrogen and oxygen atoms in total. The summed E-state index contributed by atoms with van der Waals surface area (Å²) in [6.45, 7) is 2.36. The van der Waals surface area contributed by atoms with Crippen LogP contribution in [0, 0.1) is 17.8 Å². The van der Waals surface area contributed by atoms with E-state index in [1.807, 2.05) is 0 Å². The van der Waals surface area contributed by atoms with Crippen molar-refractivity contribution in [3.05, 3.63) is 59.8 Å². The molecule has 0 N–H and O–H groups in total. The number of hydrogen-bond acceptors (Lipinski definition) is 0. The Bertz CT molecular complexity index is 504. The van der Waals surface area contributed by atoms with Crippen molar-refractivity contribution in [2.45, 2.75) is 39.0 Å². The van der Waals surface area contributed by atoms with Gasteiger partial charge < -0.3 is 0 Å². The molecule has 0 aromatic rings. The molecule has 1 saturated carbocycles. The van der Waals surface area contributed by atoms with Crippen LogP contribution in [0.15, 0.2) is 59.8 Å². The van der Waals surface area contributed by atoms with E-state index in [1.54, 1.807) is 38.6 Å². The van der Waals surface area contributed by atoms with E-state index in [2.05, 4.69) is 55.5 Å². The number of hydrogen-bond donors (Lipinski definition) is 0. The number of rotatable bonds is 4. The molecule has 3 aliphatic carbocycles. The first kappa shape index (κ1) is 15.4. The Kier molecular flexibility index (Phi) is 5.22. The van der Waals surface area contributed by atoms with Crippen molar-refractivity contribution >= 4 is 3.21 Å². The first-order valence-corrected chi connectivity index (χ1v) is 9.54. The van der Waals surface area contributed by atoms with E-state index < -0.39 is 0 Å². The van der Waals surface area contributed by atoms with Crippen LogP contribution in [0.1, 0.15) is 39.0 Å². The molecule has 0 atom stereocenters. The van der Waals surface area contributed by atoms with E-state index in [4.69, 9.17) is 0 Å². The fraction of sp³-hybridized carbons (Fsp3) is 0.450. The molecule has 0 heterocycles. The minimum absolute atomic E-state index is 0.579. The Labute approximate surface area is 143 Å². The Balaban J connectivity index is 2.00. The third-order valence-corrected chi connectivity index (χ3v) is 6.38. The van der Waals surface area contributed by atoms with Gasteiger partial charge in [0, 0.05) is 0 Å². The van der Waals surface area contributed by atoms with Gasteiger partial charge in [-0.1, -0.05) is 0 Å². The van der Waals surface area contributed by atoms with Gasteiger partial charge >= 0.3 is 144 Å². The summed E-state index contributed by atoms with van der Waals surface area (Å²) in [6, 6.07) is 0. The van der Waals surface area contributed by atoms with Gasteiger partial charge in [-0.2, -0.15) is 0 Å². The summed E-state index contributed by atoms with van der Waals surface area (Å²) in [5.41, 5.74) is 3.48. The summed E-state index contributed by atoms with van der Waals surface area (Å²) in [7, 11) is 0. The van der Waals surface area contributed by atoms with Crippen LogP contribution in [0.25, 0.3) is 0 Å². The molecule has 3 rings (SSSR count). The predicted octanol–water partition coefficient (Wildman–Crippen LogP) is 5.09. The predicted molar refractivity (Wildman–Crippen MR) is 87.8 cm³/mol. The van der Waals surface area contributed by atoms with E-state index in [0.29, 0.717) is 17.8 Å². The summed E-state index contributed by atoms with van der Waals surface area (Å²) in [5, 5.41) is 0. The fourth-order valence-corrected chi connectivity index (χ4v) is 5.14. The van der Waals surface area contributed by atoms with Gasteiger partial charge in [0.2, 0.25) is 0 Å². The standard InChI is InChI=1S/C20H24.Zr/c1-2-19(16-10-4-3-5-11-16)20(17-12-6-7-13-17)18-14-8-9-15-18;/h6-9,12-15,17-18,20H,2-5,10H2,1H3;/q;+2/b19-16-;. The van der Waals surface area contributed by atoms with Crippen LogP contribution < -0.4 is 0 Å². The van der Waals surface area contributed by atoms with E-state index >= 15 is 0 Å². The van der Waals surface area contributed by atoms with Crippen LogP contribution in [0.4, 0.5) is 0 Å². The SMILES string of the molecule is CC/C(=C1\CCCC[C]1=[Zr+2])C(C1C=CC=C1)C1C=CC=C1. The average molecular weight is 356 g/mol. The molecule has 3 aliphatic rings. The van der Waals surface area contributed by atoms with E-state index in [9.17, 15) is 0 Å². The van der Waals surface area contributed by atoms with E-state index in [0.717, 1.165) is 0 Å². The molecule has 0 radical (unpaired) electrons. The molecule has 21 heavy (non-hydrogen) atoms. The third-order valence-electron chi connectivity index (χ3n) is 5.02. The molecule has 0 unspecified atom stereocenters. The Morgan fingerprint density at radius 2 is 1.52 bits per heavy atom. The van der Waals surface area contributed by atoms with E-state index in [1.165, 1.54) is 32.1 Å². The zero-order valence-electron chi connectivity index (χ0n) is 12.9. The molecule has 0 bridgehead atoms. The summed E-state index contributed by atoms with van der Waals surface area (Å²) in [6.07, 6.45) is 25.1. The maximum absolute atomic E-state index is 2.40. The summed E-state index contributed by atoms with van der Waals surface area (Å²) in [4.78, 5) is 0. The Hall–Kier alpha value is -0.547. The van der Waals surface area contributed by atoms with E-state index in [-0.39, 0.29) is 0 Å². The van der Waals surface area contributed by atoms with Crippen molar-refractivity contribution in [2.75, 3.05) is 0 Å². The first-order valence-electron chi connectivity index (χ1n) is 8.31. The minimum atomic E-state index is 0.579. The Morgan fingerprint density at radius 1 is 1.00 bits per heavy atom. The van der Waals surface area contributed by atoms with Gasteiger partial charge in [-0.15, -0.1) is 0 Å². The molecule has 0 aliphatic heterocycles. The molecule has 0 saturated heterocycles. The van der Waals surface area contributed by atoms with Crippen LogP contribution in [-0.2, 0) is 24.2 Å². The summed E-state index contributed by atoms with van der Waals surface area (Å²) >= 11 is 1.64. The van der Waals surface area contributed by atoms with Crippen molar-refractivity contribution in [1.82, 2.24) is 0 Å². The molecule has 1 heteroatoms. The van der Waals surface area contributed by atoms with Crippen LogP contribution in [0.5, 0.6) is 0 Å². The van der Waals surface area contributed by atoms with Gasteiger partial charge in [-0.05, 0) is 0 Å². The van der Waals surface area contributed by atoms with Crippen LogP contribution >= 0.6 is 0 Å². The van der Waals surface area contributed by atoms with Crippen LogP contribution in [0.3, 0.4) is 0 Å². The molecule has 0 spiro atoms. The monoisotopic (exact) mass is 354 g/mol. The topological polar surface area (TPSA) is 0 Å². The van der Waals surface area contributed by atoms with Crippen LogP contribution in [-0.4, -0.2) is 3.21 Å². The first-order chi connectivity index (χ1) is 10.3. The van der Waals surface area contributed by atoms with Gasteiger partial charge in [0.05, 0.1) is 0 Å². The maximum atomic E-state index is 2.40. The molecule has 0 amide bonds. The zero-order valence-corrected chi connectivity index (χ0v) is 15.3. The zero-order chi connectivity index (χ0) is 14.7. The summed E-state index contributed by atoms with van der Waals surface area (Å²) in [5.74, 6) is 1.79. The number of allylic oxidation sites excluding steroid dienone is 10.